The number of carboxylic acid groups (broad SMARTS) is 1. The van der Waals surface area contributed by atoms with Gasteiger partial charge in [0.15, 0.2) is 0 Å². The number of aliphatic carboxylic acids is 1. The molecule has 0 fully saturated rings. The molecule has 1 aromatic carbocycles. The second kappa shape index (κ2) is 6.62. The Bertz CT molecular complexity index is 812. The van der Waals surface area contributed by atoms with Gasteiger partial charge in [-0.05, 0) is 42.6 Å². The van der Waals surface area contributed by atoms with Crippen molar-refractivity contribution in [3.63, 3.8) is 0 Å². The van der Waals surface area contributed by atoms with Crippen LogP contribution in [-0.4, -0.2) is 27.6 Å². The number of nitrogens with zero attached hydrogens (tertiary/aromatic N) is 1. The first-order chi connectivity index (χ1) is 11.2. The maximum absolute atomic E-state index is 11.4. The number of carboxylic acids is 1. The second-order valence-electron chi connectivity index (χ2n) is 5.59. The van der Waals surface area contributed by atoms with Crippen LogP contribution in [0.2, 0.25) is 0 Å². The van der Waals surface area contributed by atoms with E-state index in [1.165, 1.54) is 0 Å². The Morgan fingerprint density at radius 2 is 2.04 bits per heavy atom. The number of para-hydroxylation sites is 1. The van der Waals surface area contributed by atoms with Crippen molar-refractivity contribution in [2.45, 2.75) is 12.8 Å². The molecule has 0 radical (unpaired) electrons. The number of benzene rings is 1. The molecule has 0 spiro atoms. The van der Waals surface area contributed by atoms with Crippen molar-refractivity contribution >= 4 is 16.9 Å². The molecule has 2 heterocycles. The fraction of sp³-hybridized carbons (Fsp3) is 0.222. The van der Waals surface area contributed by atoms with Crippen molar-refractivity contribution in [3.8, 4) is 11.1 Å². The van der Waals surface area contributed by atoms with E-state index in [4.69, 9.17) is 5.73 Å². The van der Waals surface area contributed by atoms with E-state index >= 15 is 0 Å². The van der Waals surface area contributed by atoms with Crippen LogP contribution in [-0.2, 0) is 11.2 Å². The predicted octanol–water partition coefficient (Wildman–Crippen LogP) is 2.82. The average molecular weight is 309 g/mol. The van der Waals surface area contributed by atoms with Crippen LogP contribution in [0.15, 0.2) is 48.9 Å². The van der Waals surface area contributed by atoms with Crippen LogP contribution in [0.25, 0.3) is 22.0 Å². The largest absolute Gasteiger partial charge is 0.481 e. The van der Waals surface area contributed by atoms with E-state index in [0.29, 0.717) is 19.4 Å². The first kappa shape index (κ1) is 15.2. The van der Waals surface area contributed by atoms with Gasteiger partial charge in [0.05, 0.1) is 11.4 Å². The van der Waals surface area contributed by atoms with Gasteiger partial charge in [-0.15, -0.1) is 0 Å². The Labute approximate surface area is 134 Å². The van der Waals surface area contributed by atoms with Crippen LogP contribution >= 0.6 is 0 Å². The Hall–Kier alpha value is -2.66. The number of pyridine rings is 1. The van der Waals surface area contributed by atoms with E-state index in [2.05, 4.69) is 9.97 Å². The Morgan fingerprint density at radius 1 is 1.26 bits per heavy atom. The number of aromatic amines is 1. The minimum absolute atomic E-state index is 0.377. The van der Waals surface area contributed by atoms with Crippen molar-refractivity contribution in [2.24, 2.45) is 11.7 Å². The molecule has 2 aromatic heterocycles. The molecule has 23 heavy (non-hydrogen) atoms. The third-order valence-corrected chi connectivity index (χ3v) is 4.12. The Balaban J connectivity index is 2.00. The minimum atomic E-state index is -0.796. The molecular weight excluding hydrogens is 290 g/mol. The van der Waals surface area contributed by atoms with Gasteiger partial charge in [-0.3, -0.25) is 9.78 Å². The number of nitrogens with two attached hydrogens (primary N) is 1. The zero-order valence-corrected chi connectivity index (χ0v) is 12.7. The Kier molecular flexibility index (Phi) is 4.39. The standard InChI is InChI=1S/C18H19N3O2/c19-7-4-13(18(22)23)10-14-11-21-17-15(2-1-3-16(14)17)12-5-8-20-9-6-12/h1-3,5-6,8-9,11,13,21H,4,7,10,19H2,(H,22,23). The van der Waals surface area contributed by atoms with Crippen LogP contribution in [0.3, 0.4) is 0 Å². The fourth-order valence-electron chi connectivity index (χ4n) is 2.93. The lowest BCUT2D eigenvalue weighted by molar-refractivity contribution is -0.141. The van der Waals surface area contributed by atoms with Crippen molar-refractivity contribution < 1.29 is 9.90 Å². The molecule has 0 saturated carbocycles. The minimum Gasteiger partial charge on any atom is -0.481 e. The van der Waals surface area contributed by atoms with E-state index in [0.717, 1.165) is 27.6 Å². The SMILES string of the molecule is NCCC(Cc1c[nH]c2c(-c3ccncc3)cccc12)C(=O)O. The molecule has 4 N–H and O–H groups in total. The summed E-state index contributed by atoms with van der Waals surface area (Å²) in [4.78, 5) is 18.7. The van der Waals surface area contributed by atoms with Gasteiger partial charge in [-0.1, -0.05) is 18.2 Å². The molecule has 5 nitrogen and oxygen atoms in total. The van der Waals surface area contributed by atoms with Gasteiger partial charge >= 0.3 is 5.97 Å². The van der Waals surface area contributed by atoms with Gasteiger partial charge in [0, 0.05) is 29.5 Å². The summed E-state index contributed by atoms with van der Waals surface area (Å²) in [7, 11) is 0. The molecule has 1 unspecified atom stereocenters. The molecule has 0 saturated heterocycles. The third-order valence-electron chi connectivity index (χ3n) is 4.12. The monoisotopic (exact) mass is 309 g/mol. The summed E-state index contributed by atoms with van der Waals surface area (Å²) in [5.41, 5.74) is 9.73. The lowest BCUT2D eigenvalue weighted by atomic mass is 9.95. The summed E-state index contributed by atoms with van der Waals surface area (Å²) in [6.45, 7) is 0.377. The molecule has 0 bridgehead atoms. The average Bonchev–Trinajstić information content (AvgIpc) is 2.98. The summed E-state index contributed by atoms with van der Waals surface area (Å²) >= 11 is 0. The lowest BCUT2D eigenvalue weighted by Crippen LogP contribution is -2.20. The number of fused-ring (bicyclic) bond motifs is 1. The molecule has 0 aliphatic rings. The normalized spacial score (nSPS) is 12.4. The van der Waals surface area contributed by atoms with Gasteiger partial charge in [-0.2, -0.15) is 0 Å². The van der Waals surface area contributed by atoms with Crippen molar-refractivity contribution in [1.82, 2.24) is 9.97 Å². The first-order valence-electron chi connectivity index (χ1n) is 7.63. The highest BCUT2D eigenvalue weighted by Gasteiger charge is 2.19. The highest BCUT2D eigenvalue weighted by Crippen LogP contribution is 2.30. The highest BCUT2D eigenvalue weighted by molar-refractivity contribution is 5.96. The smallest absolute Gasteiger partial charge is 0.306 e. The fourth-order valence-corrected chi connectivity index (χ4v) is 2.93. The van der Waals surface area contributed by atoms with E-state index in [1.807, 2.05) is 36.5 Å². The maximum Gasteiger partial charge on any atom is 0.306 e. The number of nitrogens with one attached hydrogen (secondary N) is 1. The third kappa shape index (κ3) is 3.10. The number of hydrogen-bond donors (Lipinski definition) is 3. The number of carbonyl (C=O) groups is 1. The molecule has 5 heteroatoms. The quantitative estimate of drug-likeness (QED) is 0.653. The van der Waals surface area contributed by atoms with E-state index in [9.17, 15) is 9.90 Å². The number of H-pyrrole nitrogens is 1. The van der Waals surface area contributed by atoms with Gasteiger partial charge in [-0.25, -0.2) is 0 Å². The van der Waals surface area contributed by atoms with Crippen LogP contribution in [0.1, 0.15) is 12.0 Å². The van der Waals surface area contributed by atoms with Crippen LogP contribution < -0.4 is 5.73 Å². The number of aromatic nitrogens is 2. The molecule has 3 rings (SSSR count). The number of rotatable bonds is 6. The molecular formula is C18H19N3O2. The molecule has 1 atom stereocenters. The van der Waals surface area contributed by atoms with Gasteiger partial charge in [0.2, 0.25) is 0 Å². The topological polar surface area (TPSA) is 92.0 Å². The molecule has 3 aromatic rings. The van der Waals surface area contributed by atoms with Crippen LogP contribution in [0, 0.1) is 5.92 Å². The molecule has 0 aliphatic heterocycles. The summed E-state index contributed by atoms with van der Waals surface area (Å²) in [6.07, 6.45) is 6.39. The zero-order chi connectivity index (χ0) is 16.2. The highest BCUT2D eigenvalue weighted by atomic mass is 16.4. The lowest BCUT2D eigenvalue weighted by Gasteiger charge is -2.10. The molecule has 0 aliphatic carbocycles. The summed E-state index contributed by atoms with van der Waals surface area (Å²) in [5.74, 6) is -1.25. The van der Waals surface area contributed by atoms with Gasteiger partial charge in [0.1, 0.15) is 0 Å². The first-order valence-corrected chi connectivity index (χ1v) is 7.63. The summed E-state index contributed by atoms with van der Waals surface area (Å²) < 4.78 is 0. The van der Waals surface area contributed by atoms with Gasteiger partial charge in [0.25, 0.3) is 0 Å². The molecule has 118 valence electrons. The van der Waals surface area contributed by atoms with Crippen molar-refractivity contribution in [1.29, 1.82) is 0 Å². The second-order valence-corrected chi connectivity index (χ2v) is 5.59. The van der Waals surface area contributed by atoms with E-state index in [1.54, 1.807) is 12.4 Å². The van der Waals surface area contributed by atoms with E-state index < -0.39 is 11.9 Å². The van der Waals surface area contributed by atoms with Crippen LogP contribution in [0.5, 0.6) is 0 Å². The van der Waals surface area contributed by atoms with Crippen molar-refractivity contribution in [2.75, 3.05) is 6.54 Å². The van der Waals surface area contributed by atoms with E-state index in [-0.39, 0.29) is 0 Å². The number of hydrogen-bond acceptors (Lipinski definition) is 3. The zero-order valence-electron chi connectivity index (χ0n) is 12.7. The molecule has 0 amide bonds. The maximum atomic E-state index is 11.4. The predicted molar refractivity (Wildman–Crippen MR) is 90.0 cm³/mol. The summed E-state index contributed by atoms with van der Waals surface area (Å²) in [5, 5.41) is 10.4. The van der Waals surface area contributed by atoms with Crippen molar-refractivity contribution in [3.05, 3.63) is 54.5 Å². The Morgan fingerprint density at radius 3 is 2.74 bits per heavy atom. The summed E-state index contributed by atoms with van der Waals surface area (Å²) in [6, 6.07) is 9.99. The van der Waals surface area contributed by atoms with Gasteiger partial charge < -0.3 is 15.8 Å². The van der Waals surface area contributed by atoms with Crippen LogP contribution in [0.4, 0.5) is 0 Å².